The van der Waals surface area contributed by atoms with E-state index < -0.39 is 12.7 Å². The van der Waals surface area contributed by atoms with Crippen molar-refractivity contribution in [2.45, 2.75) is 39.4 Å². The van der Waals surface area contributed by atoms with Crippen molar-refractivity contribution in [3.05, 3.63) is 70.9 Å². The van der Waals surface area contributed by atoms with Gasteiger partial charge in [0.15, 0.2) is 5.82 Å². The maximum atomic E-state index is 11.7. The number of nitrogen functional groups attached to an aromatic ring is 1. The molecule has 0 bridgehead atoms. The number of pyridine rings is 2. The molecule has 0 fully saturated rings. The summed E-state index contributed by atoms with van der Waals surface area (Å²) in [5.74, 6) is -0.126. The maximum absolute atomic E-state index is 11.7. The molecule has 0 aliphatic rings. The third-order valence-corrected chi connectivity index (χ3v) is 5.20. The van der Waals surface area contributed by atoms with Crippen LogP contribution in [0, 0.1) is 6.92 Å². The molecule has 0 radical (unpaired) electrons. The van der Waals surface area contributed by atoms with Crippen molar-refractivity contribution in [2.24, 2.45) is 0 Å². The molecule has 0 spiro atoms. The zero-order valence-electron chi connectivity index (χ0n) is 22.0. The zero-order valence-corrected chi connectivity index (χ0v) is 18.0. The van der Waals surface area contributed by atoms with Gasteiger partial charge in [-0.05, 0) is 79.5 Å². The molecule has 4 aromatic rings. The van der Waals surface area contributed by atoms with Crippen LogP contribution in [0.5, 0.6) is 5.75 Å². The van der Waals surface area contributed by atoms with Crippen LogP contribution in [0.4, 0.5) is 5.82 Å². The first-order valence-corrected chi connectivity index (χ1v) is 10.4. The summed E-state index contributed by atoms with van der Waals surface area (Å²) in [5, 5.41) is 10.9. The highest BCUT2D eigenvalue weighted by atomic mass is 16.5. The lowest BCUT2D eigenvalue weighted by Crippen LogP contribution is -2.05. The van der Waals surface area contributed by atoms with E-state index in [0.717, 1.165) is 5.56 Å². The monoisotopic (exact) mass is 433 g/mol. The third kappa shape index (κ3) is 4.64. The number of nitrogens with two attached hydrogens (primary N) is 1. The summed E-state index contributed by atoms with van der Waals surface area (Å²) in [6.45, 7) is 3.71. The number of anilines is 1. The Hall–Kier alpha value is -3.67. The Morgan fingerprint density at radius 1 is 1.12 bits per heavy atom. The molecule has 0 aliphatic heterocycles. The number of fused-ring (bicyclic) bond motifs is 3. The standard InChI is InChI=1S/C26H27N3O3/c1-3-32-24(31)11-6-17-5-10-21-22-13-18(4-7-19-8-9-20(30)12-16(19)2)15-28-25(22)26(27)29-23(21)14-17/h5,8-10,12-15,30H,3-4,6-7,11H2,1-2H3,(H2,27,29)/i4D2,7D2. The molecule has 0 amide bonds. The minimum absolute atomic E-state index is 0.0175. The molecule has 2 aromatic heterocycles. The number of rotatable bonds is 7. The van der Waals surface area contributed by atoms with Gasteiger partial charge < -0.3 is 15.6 Å². The van der Waals surface area contributed by atoms with Crippen molar-refractivity contribution >= 4 is 33.6 Å². The average molecular weight is 434 g/mol. The molecule has 0 saturated heterocycles. The fourth-order valence-electron chi connectivity index (χ4n) is 3.59. The van der Waals surface area contributed by atoms with Crippen molar-refractivity contribution < 1.29 is 20.1 Å². The van der Waals surface area contributed by atoms with Crippen molar-refractivity contribution in [3.63, 3.8) is 0 Å². The van der Waals surface area contributed by atoms with Gasteiger partial charge in [0.2, 0.25) is 0 Å². The number of hydrogen-bond donors (Lipinski definition) is 2. The highest BCUT2D eigenvalue weighted by Gasteiger charge is 2.11. The Morgan fingerprint density at radius 2 is 1.97 bits per heavy atom. The van der Waals surface area contributed by atoms with Crippen LogP contribution in [-0.4, -0.2) is 27.7 Å². The number of carbonyl (C=O) groups excluding carboxylic acids is 1. The van der Waals surface area contributed by atoms with Gasteiger partial charge in [-0.15, -0.1) is 0 Å². The summed E-state index contributed by atoms with van der Waals surface area (Å²) >= 11 is 0. The van der Waals surface area contributed by atoms with Crippen LogP contribution in [0.2, 0.25) is 0 Å². The van der Waals surface area contributed by atoms with Gasteiger partial charge in [0.25, 0.3) is 0 Å². The zero-order chi connectivity index (χ0) is 26.3. The predicted octanol–water partition coefficient (Wildman–Crippen LogP) is 4.66. The SMILES string of the molecule is [2H]C([2H])(c1cnc2c(N)nc3cc(CCC(=O)OCC)ccc3c2c1)C([2H])([2H])c1ccc(O)cc1C. The molecule has 0 atom stereocenters. The first-order valence-electron chi connectivity index (χ1n) is 12.4. The Labute approximate surface area is 192 Å². The van der Waals surface area contributed by atoms with Crippen molar-refractivity contribution in [2.75, 3.05) is 12.3 Å². The summed E-state index contributed by atoms with van der Waals surface area (Å²) in [7, 11) is 0. The largest absolute Gasteiger partial charge is 0.508 e. The van der Waals surface area contributed by atoms with E-state index in [1.807, 2.05) is 18.2 Å². The highest BCUT2D eigenvalue weighted by molar-refractivity contribution is 6.08. The number of ether oxygens (including phenoxy) is 1. The van der Waals surface area contributed by atoms with Crippen LogP contribution < -0.4 is 5.73 Å². The van der Waals surface area contributed by atoms with E-state index in [-0.39, 0.29) is 35.1 Å². The highest BCUT2D eigenvalue weighted by Crippen LogP contribution is 2.29. The predicted molar refractivity (Wildman–Crippen MR) is 127 cm³/mol. The molecule has 4 rings (SSSR count). The second kappa shape index (κ2) is 9.22. The molecular weight excluding hydrogens is 402 g/mol. The first-order chi connectivity index (χ1) is 17.0. The van der Waals surface area contributed by atoms with Gasteiger partial charge in [0.05, 0.1) is 12.1 Å². The number of phenols is 1. The molecule has 2 aromatic carbocycles. The van der Waals surface area contributed by atoms with E-state index in [1.54, 1.807) is 19.9 Å². The molecule has 32 heavy (non-hydrogen) atoms. The van der Waals surface area contributed by atoms with Crippen LogP contribution in [0.1, 0.15) is 41.1 Å². The quantitative estimate of drug-likeness (QED) is 0.325. The summed E-state index contributed by atoms with van der Waals surface area (Å²) in [6.07, 6.45) is -2.89. The van der Waals surface area contributed by atoms with Crippen molar-refractivity contribution in [1.82, 2.24) is 9.97 Å². The number of benzene rings is 2. The van der Waals surface area contributed by atoms with Gasteiger partial charge in [-0.3, -0.25) is 9.78 Å². The third-order valence-electron chi connectivity index (χ3n) is 5.20. The van der Waals surface area contributed by atoms with Gasteiger partial charge in [0, 0.05) is 28.9 Å². The Morgan fingerprint density at radius 3 is 2.75 bits per heavy atom. The van der Waals surface area contributed by atoms with Crippen LogP contribution in [-0.2, 0) is 28.7 Å². The van der Waals surface area contributed by atoms with Crippen LogP contribution in [0.15, 0.2) is 48.7 Å². The van der Waals surface area contributed by atoms with E-state index in [1.165, 1.54) is 24.4 Å². The number of nitrogens with zero attached hydrogens (tertiary/aromatic N) is 2. The second-order valence-electron chi connectivity index (χ2n) is 7.52. The second-order valence-corrected chi connectivity index (χ2v) is 7.52. The normalized spacial score (nSPS) is 13.9. The summed E-state index contributed by atoms with van der Waals surface area (Å²) in [6, 6.07) is 11.2. The van der Waals surface area contributed by atoms with Gasteiger partial charge in [0.1, 0.15) is 11.3 Å². The maximum Gasteiger partial charge on any atom is 0.306 e. The number of carbonyl (C=O) groups is 1. The van der Waals surface area contributed by atoms with Crippen LogP contribution >= 0.6 is 0 Å². The van der Waals surface area contributed by atoms with Crippen molar-refractivity contribution in [1.29, 1.82) is 0 Å². The fourth-order valence-corrected chi connectivity index (χ4v) is 3.59. The first kappa shape index (κ1) is 17.0. The molecule has 6 nitrogen and oxygen atoms in total. The minimum Gasteiger partial charge on any atom is -0.508 e. The lowest BCUT2D eigenvalue weighted by atomic mass is 9.99. The Balaban J connectivity index is 1.78. The molecule has 3 N–H and O–H groups in total. The minimum atomic E-state index is -2.46. The van der Waals surface area contributed by atoms with Crippen molar-refractivity contribution in [3.8, 4) is 5.75 Å². The molecule has 0 saturated carbocycles. The van der Waals surface area contributed by atoms with E-state index in [9.17, 15) is 9.90 Å². The van der Waals surface area contributed by atoms with Gasteiger partial charge in [-0.1, -0.05) is 18.2 Å². The topological polar surface area (TPSA) is 98.3 Å². The van der Waals surface area contributed by atoms with Crippen LogP contribution in [0.3, 0.4) is 0 Å². The molecule has 6 heteroatoms. The Kier molecular flexibility index (Phi) is 4.88. The van der Waals surface area contributed by atoms with E-state index >= 15 is 0 Å². The summed E-state index contributed by atoms with van der Waals surface area (Å²) < 4.78 is 39.9. The van der Waals surface area contributed by atoms with Gasteiger partial charge >= 0.3 is 5.97 Å². The van der Waals surface area contributed by atoms with Gasteiger partial charge in [-0.2, -0.15) is 0 Å². The average Bonchev–Trinajstić information content (AvgIpc) is 2.82. The fraction of sp³-hybridized carbons (Fsp3) is 0.269. The Bertz CT molecular complexity index is 1470. The molecule has 0 aliphatic carbocycles. The van der Waals surface area contributed by atoms with E-state index in [2.05, 4.69) is 9.97 Å². The number of aryl methyl sites for hydroxylation is 4. The smallest absolute Gasteiger partial charge is 0.306 e. The number of hydrogen-bond acceptors (Lipinski definition) is 6. The number of phenolic OH excluding ortho intramolecular Hbond substituents is 1. The molecule has 164 valence electrons. The number of aromatic hydroxyl groups is 1. The molecular formula is C26H27N3O3. The number of aromatic nitrogens is 2. The van der Waals surface area contributed by atoms with E-state index in [0.29, 0.717) is 40.4 Å². The number of esters is 1. The summed E-state index contributed by atoms with van der Waals surface area (Å²) in [4.78, 5) is 20.5. The molecule has 2 heterocycles. The lowest BCUT2D eigenvalue weighted by molar-refractivity contribution is -0.143. The van der Waals surface area contributed by atoms with Crippen LogP contribution in [0.25, 0.3) is 21.8 Å². The van der Waals surface area contributed by atoms with E-state index in [4.69, 9.17) is 16.0 Å². The summed E-state index contributed by atoms with van der Waals surface area (Å²) in [5.41, 5.74) is 8.62. The van der Waals surface area contributed by atoms with Gasteiger partial charge in [-0.25, -0.2) is 4.98 Å². The molecule has 0 unspecified atom stereocenters. The lowest BCUT2D eigenvalue weighted by Gasteiger charge is -2.10.